The highest BCUT2D eigenvalue weighted by Crippen LogP contribution is 2.31. The molecule has 4 heteroatoms. The van der Waals surface area contributed by atoms with Crippen LogP contribution in [0.2, 0.25) is 0 Å². The Kier molecular flexibility index (Phi) is 4.17. The summed E-state index contributed by atoms with van der Waals surface area (Å²) in [5.74, 6) is -0.0238. The van der Waals surface area contributed by atoms with E-state index in [9.17, 15) is 9.90 Å². The van der Waals surface area contributed by atoms with Crippen molar-refractivity contribution >= 4 is 5.97 Å². The minimum Gasteiger partial charge on any atom is -0.507 e. The Bertz CT molecular complexity index is 385. The fourth-order valence-electron chi connectivity index (χ4n) is 1.58. The first-order chi connectivity index (χ1) is 7.56. The molecular formula is C12H16O4. The summed E-state index contributed by atoms with van der Waals surface area (Å²) in [6.07, 6.45) is 1.09. The van der Waals surface area contributed by atoms with Gasteiger partial charge in [-0.25, -0.2) is 0 Å². The van der Waals surface area contributed by atoms with Gasteiger partial charge in [-0.1, -0.05) is 6.07 Å². The molecule has 1 rings (SSSR count). The van der Waals surface area contributed by atoms with Gasteiger partial charge in [0.2, 0.25) is 0 Å². The van der Waals surface area contributed by atoms with Crippen molar-refractivity contribution in [2.75, 3.05) is 7.11 Å². The van der Waals surface area contributed by atoms with Crippen molar-refractivity contribution < 1.29 is 19.7 Å². The van der Waals surface area contributed by atoms with E-state index in [0.29, 0.717) is 24.2 Å². The highest BCUT2D eigenvalue weighted by atomic mass is 16.5. The lowest BCUT2D eigenvalue weighted by Gasteiger charge is -2.11. The Balaban J connectivity index is 2.83. The summed E-state index contributed by atoms with van der Waals surface area (Å²) in [4.78, 5) is 10.4. The van der Waals surface area contributed by atoms with Crippen molar-refractivity contribution in [3.05, 3.63) is 23.3 Å². The van der Waals surface area contributed by atoms with Crippen LogP contribution in [0.4, 0.5) is 0 Å². The number of ether oxygens (including phenoxy) is 1. The highest BCUT2D eigenvalue weighted by Gasteiger charge is 2.11. The van der Waals surface area contributed by atoms with Gasteiger partial charge in [-0.2, -0.15) is 0 Å². The average molecular weight is 224 g/mol. The lowest BCUT2D eigenvalue weighted by molar-refractivity contribution is -0.137. The third-order valence-electron chi connectivity index (χ3n) is 2.48. The molecule has 1 aromatic carbocycles. The predicted octanol–water partition coefficient (Wildman–Crippen LogP) is 2.12. The van der Waals surface area contributed by atoms with E-state index in [1.54, 1.807) is 19.1 Å². The lowest BCUT2D eigenvalue weighted by Crippen LogP contribution is -1.98. The summed E-state index contributed by atoms with van der Waals surface area (Å²) in [6.45, 7) is 1.80. The van der Waals surface area contributed by atoms with Crippen LogP contribution in [0.5, 0.6) is 11.5 Å². The normalized spacial score (nSPS) is 10.1. The van der Waals surface area contributed by atoms with Crippen LogP contribution in [0.25, 0.3) is 0 Å². The third-order valence-corrected chi connectivity index (χ3v) is 2.48. The number of aromatic hydroxyl groups is 1. The van der Waals surface area contributed by atoms with Gasteiger partial charge in [0.15, 0.2) is 0 Å². The SMILES string of the molecule is COc1ccc(C)c(O)c1CCCC(=O)O. The summed E-state index contributed by atoms with van der Waals surface area (Å²) in [5, 5.41) is 18.4. The number of phenols is 1. The van der Waals surface area contributed by atoms with E-state index in [-0.39, 0.29) is 12.2 Å². The lowest BCUT2D eigenvalue weighted by atomic mass is 10.0. The van der Waals surface area contributed by atoms with Crippen molar-refractivity contribution in [3.63, 3.8) is 0 Å². The number of carboxylic acid groups (broad SMARTS) is 1. The van der Waals surface area contributed by atoms with Gasteiger partial charge in [-0.15, -0.1) is 0 Å². The Morgan fingerprint density at radius 2 is 2.12 bits per heavy atom. The first-order valence-corrected chi connectivity index (χ1v) is 5.13. The first-order valence-electron chi connectivity index (χ1n) is 5.13. The Morgan fingerprint density at radius 1 is 1.44 bits per heavy atom. The number of phenolic OH excluding ortho intramolecular Hbond substituents is 1. The van der Waals surface area contributed by atoms with Crippen LogP contribution in [0.3, 0.4) is 0 Å². The molecule has 0 saturated carbocycles. The van der Waals surface area contributed by atoms with Crippen molar-refractivity contribution in [2.45, 2.75) is 26.2 Å². The quantitative estimate of drug-likeness (QED) is 0.803. The van der Waals surface area contributed by atoms with Crippen molar-refractivity contribution in [3.8, 4) is 11.5 Å². The number of hydrogen-bond acceptors (Lipinski definition) is 3. The van der Waals surface area contributed by atoms with Gasteiger partial charge in [-0.05, 0) is 31.4 Å². The molecule has 0 aliphatic heterocycles. The summed E-state index contributed by atoms with van der Waals surface area (Å²) in [5.41, 5.74) is 1.45. The van der Waals surface area contributed by atoms with Gasteiger partial charge in [-0.3, -0.25) is 4.79 Å². The molecule has 0 aliphatic rings. The number of carboxylic acids is 1. The Labute approximate surface area is 94.5 Å². The van der Waals surface area contributed by atoms with Crippen LogP contribution >= 0.6 is 0 Å². The predicted molar refractivity (Wildman–Crippen MR) is 60.0 cm³/mol. The largest absolute Gasteiger partial charge is 0.507 e. The van der Waals surface area contributed by atoms with Gasteiger partial charge >= 0.3 is 5.97 Å². The molecule has 0 spiro atoms. The molecule has 0 unspecified atom stereocenters. The molecule has 4 nitrogen and oxygen atoms in total. The smallest absolute Gasteiger partial charge is 0.303 e. The second-order valence-electron chi connectivity index (χ2n) is 3.66. The molecule has 0 aromatic heterocycles. The standard InChI is InChI=1S/C12H16O4/c1-8-6-7-10(16-2)9(12(8)15)4-3-5-11(13)14/h6-7,15H,3-5H2,1-2H3,(H,13,14). The molecule has 0 heterocycles. The van der Waals surface area contributed by atoms with Gasteiger partial charge in [0.25, 0.3) is 0 Å². The summed E-state index contributed by atoms with van der Waals surface area (Å²) < 4.78 is 5.13. The first kappa shape index (κ1) is 12.4. The van der Waals surface area contributed by atoms with Crippen LogP contribution in [-0.4, -0.2) is 23.3 Å². The van der Waals surface area contributed by atoms with Gasteiger partial charge < -0.3 is 14.9 Å². The van der Waals surface area contributed by atoms with E-state index in [1.807, 2.05) is 0 Å². The van der Waals surface area contributed by atoms with Crippen LogP contribution in [0, 0.1) is 6.92 Å². The van der Waals surface area contributed by atoms with Crippen molar-refractivity contribution in [1.82, 2.24) is 0 Å². The molecule has 0 amide bonds. The molecule has 2 N–H and O–H groups in total. The monoisotopic (exact) mass is 224 g/mol. The van der Waals surface area contributed by atoms with Gasteiger partial charge in [0.1, 0.15) is 11.5 Å². The summed E-state index contributed by atoms with van der Waals surface area (Å²) in [6, 6.07) is 3.56. The number of rotatable bonds is 5. The van der Waals surface area contributed by atoms with E-state index in [1.165, 1.54) is 7.11 Å². The van der Waals surface area contributed by atoms with Crippen LogP contribution in [0.1, 0.15) is 24.0 Å². The molecule has 0 aliphatic carbocycles. The number of methoxy groups -OCH3 is 1. The van der Waals surface area contributed by atoms with E-state index >= 15 is 0 Å². The molecule has 88 valence electrons. The van der Waals surface area contributed by atoms with E-state index in [0.717, 1.165) is 5.56 Å². The third kappa shape index (κ3) is 2.89. The summed E-state index contributed by atoms with van der Waals surface area (Å²) in [7, 11) is 1.53. The fourth-order valence-corrected chi connectivity index (χ4v) is 1.58. The van der Waals surface area contributed by atoms with Crippen LogP contribution in [-0.2, 0) is 11.2 Å². The molecule has 0 saturated heterocycles. The van der Waals surface area contributed by atoms with E-state index < -0.39 is 5.97 Å². The van der Waals surface area contributed by atoms with Gasteiger partial charge in [0.05, 0.1) is 7.11 Å². The minimum atomic E-state index is -0.828. The number of hydrogen-bond donors (Lipinski definition) is 2. The van der Waals surface area contributed by atoms with E-state index in [2.05, 4.69) is 0 Å². The van der Waals surface area contributed by atoms with Crippen molar-refractivity contribution in [1.29, 1.82) is 0 Å². The fraction of sp³-hybridized carbons (Fsp3) is 0.417. The molecule has 0 radical (unpaired) electrons. The molecule has 16 heavy (non-hydrogen) atoms. The second-order valence-corrected chi connectivity index (χ2v) is 3.66. The summed E-state index contributed by atoms with van der Waals surface area (Å²) >= 11 is 0. The Hall–Kier alpha value is -1.71. The Morgan fingerprint density at radius 3 is 2.69 bits per heavy atom. The number of aliphatic carboxylic acids is 1. The molecule has 0 fully saturated rings. The second kappa shape index (κ2) is 5.39. The molecule has 1 aromatic rings. The minimum absolute atomic E-state index is 0.0938. The maximum absolute atomic E-state index is 10.4. The van der Waals surface area contributed by atoms with E-state index in [4.69, 9.17) is 9.84 Å². The van der Waals surface area contributed by atoms with Gasteiger partial charge in [0, 0.05) is 12.0 Å². The molecular weight excluding hydrogens is 208 g/mol. The average Bonchev–Trinajstić information content (AvgIpc) is 2.24. The zero-order valence-electron chi connectivity index (χ0n) is 9.49. The maximum atomic E-state index is 10.4. The number of benzene rings is 1. The zero-order valence-corrected chi connectivity index (χ0v) is 9.49. The van der Waals surface area contributed by atoms with Crippen LogP contribution in [0.15, 0.2) is 12.1 Å². The highest BCUT2D eigenvalue weighted by molar-refractivity contribution is 5.66. The number of carbonyl (C=O) groups is 1. The zero-order chi connectivity index (χ0) is 12.1. The molecule has 0 atom stereocenters. The maximum Gasteiger partial charge on any atom is 0.303 e. The van der Waals surface area contributed by atoms with Crippen LogP contribution < -0.4 is 4.74 Å². The topological polar surface area (TPSA) is 66.8 Å². The van der Waals surface area contributed by atoms with Crippen molar-refractivity contribution in [2.24, 2.45) is 0 Å². The molecule has 0 bridgehead atoms. The number of aryl methyl sites for hydroxylation is 1.